The van der Waals surface area contributed by atoms with Crippen molar-refractivity contribution < 1.29 is 9.18 Å². The highest BCUT2D eigenvalue weighted by Crippen LogP contribution is 2.15. The molecular formula is C19H23BrClFN2O. The van der Waals surface area contributed by atoms with Gasteiger partial charge in [0.2, 0.25) is 0 Å². The first kappa shape index (κ1) is 21.6. The van der Waals surface area contributed by atoms with Gasteiger partial charge in [-0.25, -0.2) is 4.39 Å². The number of nitrogens with one attached hydrogen (secondary N) is 1. The van der Waals surface area contributed by atoms with Crippen LogP contribution in [-0.2, 0) is 13.1 Å². The molecule has 0 radical (unpaired) electrons. The molecule has 1 amide bonds. The number of hydrogen-bond donors (Lipinski definition) is 1. The number of carbonyl (C=O) groups is 1. The second-order valence-electron chi connectivity index (χ2n) is 6.05. The average Bonchev–Trinajstić information content (AvgIpc) is 2.57. The fraction of sp³-hybridized carbons (Fsp3) is 0.316. The van der Waals surface area contributed by atoms with E-state index in [9.17, 15) is 9.18 Å². The Hall–Kier alpha value is -1.43. The number of hydrogen-bond acceptors (Lipinski definition) is 2. The Labute approximate surface area is 163 Å². The van der Waals surface area contributed by atoms with Gasteiger partial charge in [0.15, 0.2) is 0 Å². The van der Waals surface area contributed by atoms with Crippen LogP contribution in [0.2, 0.25) is 0 Å². The van der Waals surface area contributed by atoms with Crippen molar-refractivity contribution >= 4 is 34.2 Å². The molecule has 0 atom stereocenters. The lowest BCUT2D eigenvalue weighted by atomic mass is 10.1. The summed E-state index contributed by atoms with van der Waals surface area (Å²) in [5.74, 6) is -0.205. The van der Waals surface area contributed by atoms with Gasteiger partial charge in [-0.15, -0.1) is 12.4 Å². The van der Waals surface area contributed by atoms with Crippen LogP contribution >= 0.6 is 28.3 Å². The summed E-state index contributed by atoms with van der Waals surface area (Å²) in [5, 5.41) is 3.22. The van der Waals surface area contributed by atoms with E-state index < -0.39 is 0 Å². The summed E-state index contributed by atoms with van der Waals surface area (Å²) in [6.45, 7) is 5.02. The number of benzene rings is 2. The molecule has 0 saturated carbocycles. The zero-order valence-corrected chi connectivity index (χ0v) is 17.0. The van der Waals surface area contributed by atoms with Gasteiger partial charge < -0.3 is 10.2 Å². The third kappa shape index (κ3) is 6.10. The van der Waals surface area contributed by atoms with Gasteiger partial charge in [0, 0.05) is 41.8 Å². The molecular weight excluding hydrogens is 407 g/mol. The van der Waals surface area contributed by atoms with E-state index in [1.165, 1.54) is 6.07 Å². The van der Waals surface area contributed by atoms with E-state index in [-0.39, 0.29) is 30.2 Å². The lowest BCUT2D eigenvalue weighted by Crippen LogP contribution is -2.32. The lowest BCUT2D eigenvalue weighted by molar-refractivity contribution is 0.0755. The van der Waals surface area contributed by atoms with Crippen LogP contribution in [-0.4, -0.2) is 23.9 Å². The molecule has 0 heterocycles. The summed E-state index contributed by atoms with van der Waals surface area (Å²) in [4.78, 5) is 13.9. The van der Waals surface area contributed by atoms with Crippen LogP contribution in [0.15, 0.2) is 46.9 Å². The summed E-state index contributed by atoms with van der Waals surface area (Å²) in [5.41, 5.74) is 2.34. The topological polar surface area (TPSA) is 32.3 Å². The zero-order valence-electron chi connectivity index (χ0n) is 14.6. The van der Waals surface area contributed by atoms with Crippen LogP contribution in [0.25, 0.3) is 0 Å². The van der Waals surface area contributed by atoms with Crippen LogP contribution in [0.3, 0.4) is 0 Å². The van der Waals surface area contributed by atoms with E-state index in [4.69, 9.17) is 0 Å². The molecule has 2 aromatic carbocycles. The fourth-order valence-corrected chi connectivity index (χ4v) is 2.63. The maximum absolute atomic E-state index is 13.7. The molecule has 6 heteroatoms. The molecule has 0 aliphatic heterocycles. The third-order valence-electron chi connectivity index (χ3n) is 3.95. The Morgan fingerprint density at radius 2 is 1.80 bits per heavy atom. The summed E-state index contributed by atoms with van der Waals surface area (Å²) in [6, 6.07) is 12.6. The fourth-order valence-electron chi connectivity index (χ4n) is 2.22. The van der Waals surface area contributed by atoms with Crippen molar-refractivity contribution in [1.29, 1.82) is 0 Å². The summed E-state index contributed by atoms with van der Waals surface area (Å²) >= 11 is 3.35. The number of carbonyl (C=O) groups excluding carboxylic acids is 1. The molecule has 0 spiro atoms. The minimum absolute atomic E-state index is 0. The predicted molar refractivity (Wildman–Crippen MR) is 106 cm³/mol. The van der Waals surface area contributed by atoms with Crippen LogP contribution < -0.4 is 5.32 Å². The minimum atomic E-state index is -0.219. The molecule has 0 aliphatic carbocycles. The Morgan fingerprint density at radius 3 is 2.40 bits per heavy atom. The van der Waals surface area contributed by atoms with E-state index in [0.29, 0.717) is 24.2 Å². The SMILES string of the molecule is CC(C)N(C)C(=O)c1ccc(CNCc2cc(Br)ccc2F)cc1.Cl. The van der Waals surface area contributed by atoms with Gasteiger partial charge in [-0.1, -0.05) is 28.1 Å². The monoisotopic (exact) mass is 428 g/mol. The van der Waals surface area contributed by atoms with E-state index in [2.05, 4.69) is 21.2 Å². The van der Waals surface area contributed by atoms with Crippen molar-refractivity contribution in [2.75, 3.05) is 7.05 Å². The molecule has 3 nitrogen and oxygen atoms in total. The first-order valence-corrected chi connectivity index (χ1v) is 8.68. The molecule has 2 aromatic rings. The normalized spacial score (nSPS) is 10.5. The number of halogens is 3. The number of nitrogens with zero attached hydrogens (tertiary/aromatic N) is 1. The molecule has 0 aromatic heterocycles. The van der Waals surface area contributed by atoms with Gasteiger partial charge >= 0.3 is 0 Å². The standard InChI is InChI=1S/C19H22BrFN2O.ClH/c1-13(2)23(3)19(24)15-6-4-14(5-7-15)11-22-12-16-10-17(20)8-9-18(16)21;/h4-10,13,22H,11-12H2,1-3H3;1H. The van der Waals surface area contributed by atoms with Gasteiger partial charge in [0.1, 0.15) is 5.82 Å². The molecule has 0 fully saturated rings. The van der Waals surface area contributed by atoms with Gasteiger partial charge in [0.05, 0.1) is 0 Å². The summed E-state index contributed by atoms with van der Waals surface area (Å²) < 4.78 is 14.5. The smallest absolute Gasteiger partial charge is 0.253 e. The Kier molecular flexibility index (Phi) is 8.56. The molecule has 0 saturated heterocycles. The molecule has 25 heavy (non-hydrogen) atoms. The van der Waals surface area contributed by atoms with Crippen LogP contribution in [0, 0.1) is 5.82 Å². The van der Waals surface area contributed by atoms with Gasteiger partial charge in [-0.3, -0.25) is 4.79 Å². The van der Waals surface area contributed by atoms with Crippen LogP contribution in [0.5, 0.6) is 0 Å². The third-order valence-corrected chi connectivity index (χ3v) is 4.44. The Morgan fingerprint density at radius 1 is 1.16 bits per heavy atom. The van der Waals surface area contributed by atoms with Crippen molar-refractivity contribution in [3.8, 4) is 0 Å². The maximum atomic E-state index is 13.7. The van der Waals surface area contributed by atoms with Gasteiger partial charge in [-0.2, -0.15) is 0 Å². The second kappa shape index (κ2) is 9.90. The van der Waals surface area contributed by atoms with Crippen molar-refractivity contribution in [1.82, 2.24) is 10.2 Å². The maximum Gasteiger partial charge on any atom is 0.253 e. The summed E-state index contributed by atoms with van der Waals surface area (Å²) in [7, 11) is 1.80. The largest absolute Gasteiger partial charge is 0.339 e. The molecule has 136 valence electrons. The molecule has 0 bridgehead atoms. The predicted octanol–water partition coefficient (Wildman–Crippen LogP) is 4.78. The Balaban J connectivity index is 0.00000312. The Bertz CT molecular complexity index is 707. The van der Waals surface area contributed by atoms with Gasteiger partial charge in [-0.05, 0) is 49.7 Å². The number of amides is 1. The van der Waals surface area contributed by atoms with Crippen LogP contribution in [0.4, 0.5) is 4.39 Å². The molecule has 1 N–H and O–H groups in total. The van der Waals surface area contributed by atoms with Crippen molar-refractivity contribution in [3.63, 3.8) is 0 Å². The van der Waals surface area contributed by atoms with Gasteiger partial charge in [0.25, 0.3) is 5.91 Å². The average molecular weight is 430 g/mol. The minimum Gasteiger partial charge on any atom is -0.339 e. The quantitative estimate of drug-likeness (QED) is 0.717. The highest BCUT2D eigenvalue weighted by molar-refractivity contribution is 9.10. The zero-order chi connectivity index (χ0) is 17.7. The summed E-state index contributed by atoms with van der Waals surface area (Å²) in [6.07, 6.45) is 0. The molecule has 0 aliphatic rings. The van der Waals surface area contributed by atoms with Crippen LogP contribution in [0.1, 0.15) is 35.3 Å². The van der Waals surface area contributed by atoms with E-state index in [1.54, 1.807) is 24.1 Å². The number of rotatable bonds is 6. The highest BCUT2D eigenvalue weighted by atomic mass is 79.9. The molecule has 2 rings (SSSR count). The van der Waals surface area contributed by atoms with E-state index in [0.717, 1.165) is 10.0 Å². The van der Waals surface area contributed by atoms with Crippen molar-refractivity contribution in [2.45, 2.75) is 33.0 Å². The van der Waals surface area contributed by atoms with E-state index >= 15 is 0 Å². The lowest BCUT2D eigenvalue weighted by Gasteiger charge is -2.21. The van der Waals surface area contributed by atoms with Crippen molar-refractivity contribution in [2.24, 2.45) is 0 Å². The highest BCUT2D eigenvalue weighted by Gasteiger charge is 2.13. The molecule has 0 unspecified atom stereocenters. The first-order valence-electron chi connectivity index (χ1n) is 7.89. The van der Waals surface area contributed by atoms with E-state index in [1.807, 2.05) is 38.1 Å². The first-order chi connectivity index (χ1) is 11.4. The van der Waals surface area contributed by atoms with Crippen molar-refractivity contribution in [3.05, 3.63) is 69.4 Å². The second-order valence-corrected chi connectivity index (χ2v) is 6.96.